The Morgan fingerprint density at radius 2 is 1.84 bits per heavy atom. The summed E-state index contributed by atoms with van der Waals surface area (Å²) < 4.78 is 4.65. The van der Waals surface area contributed by atoms with Crippen molar-refractivity contribution in [2.45, 2.75) is 5.03 Å². The summed E-state index contributed by atoms with van der Waals surface area (Å²) in [6, 6.07) is 12.2. The van der Waals surface area contributed by atoms with Gasteiger partial charge in [0.05, 0.1) is 30.1 Å². The number of esters is 1. The Kier molecular flexibility index (Phi) is 5.58. The molecule has 1 aromatic heterocycles. The van der Waals surface area contributed by atoms with Crippen molar-refractivity contribution in [2.75, 3.05) is 18.6 Å². The Bertz CT molecular complexity index is 949. The third-order valence-electron chi connectivity index (χ3n) is 3.28. The Morgan fingerprint density at radius 1 is 1.20 bits per heavy atom. The number of rotatable bonds is 4. The lowest BCUT2D eigenvalue weighted by molar-refractivity contribution is 0.0601. The fraction of sp³-hybridized carbons (Fsp3) is 0.118. The smallest absolute Gasteiger partial charge is 0.337 e. The molecule has 0 fully saturated rings. The molecule has 8 heteroatoms. The summed E-state index contributed by atoms with van der Waals surface area (Å²) in [5, 5.41) is 28.0. The van der Waals surface area contributed by atoms with Crippen molar-refractivity contribution in [3.63, 3.8) is 0 Å². The van der Waals surface area contributed by atoms with E-state index in [1.807, 2.05) is 18.2 Å². The molecule has 0 radical (unpaired) electrons. The number of benzene rings is 1. The molecule has 1 heterocycles. The number of thioether (sulfide) groups is 1. The topological polar surface area (TPSA) is 137 Å². The van der Waals surface area contributed by atoms with E-state index in [-0.39, 0.29) is 27.7 Å². The molecule has 2 N–H and O–H groups in total. The molecule has 1 aromatic carbocycles. The van der Waals surface area contributed by atoms with Gasteiger partial charge in [-0.1, -0.05) is 23.9 Å². The van der Waals surface area contributed by atoms with Crippen LogP contribution in [0.25, 0.3) is 11.1 Å². The zero-order valence-electron chi connectivity index (χ0n) is 13.1. The summed E-state index contributed by atoms with van der Waals surface area (Å²) in [5.74, 6) is -0.422. The number of methoxy groups -OCH3 is 1. The van der Waals surface area contributed by atoms with Gasteiger partial charge in [-0.2, -0.15) is 15.8 Å². The Labute approximate surface area is 148 Å². The lowest BCUT2D eigenvalue weighted by atomic mass is 9.96. The van der Waals surface area contributed by atoms with E-state index in [2.05, 4.69) is 9.72 Å². The molecule has 0 saturated heterocycles. The van der Waals surface area contributed by atoms with Crippen LogP contribution in [-0.2, 0) is 4.74 Å². The van der Waals surface area contributed by atoms with E-state index in [9.17, 15) is 15.3 Å². The zero-order chi connectivity index (χ0) is 18.4. The molecular weight excluding hydrogens is 338 g/mol. The molecular formula is C17H11N5O2S. The number of carbonyl (C=O) groups excluding carboxylic acids is 1. The van der Waals surface area contributed by atoms with Crippen LogP contribution in [0.3, 0.4) is 0 Å². The number of hydrogen-bond donors (Lipinski definition) is 1. The van der Waals surface area contributed by atoms with Crippen molar-refractivity contribution in [1.29, 1.82) is 15.8 Å². The van der Waals surface area contributed by atoms with Gasteiger partial charge in [-0.05, 0) is 17.7 Å². The predicted octanol–water partition coefficient (Wildman–Crippen LogP) is 2.48. The molecule has 0 amide bonds. The van der Waals surface area contributed by atoms with Crippen molar-refractivity contribution in [2.24, 2.45) is 0 Å². The highest BCUT2D eigenvalue weighted by atomic mass is 32.2. The number of nitriles is 3. The third-order valence-corrected chi connectivity index (χ3v) is 4.13. The van der Waals surface area contributed by atoms with Crippen molar-refractivity contribution < 1.29 is 9.53 Å². The Balaban J connectivity index is 2.69. The second-order valence-corrected chi connectivity index (χ2v) is 5.63. The van der Waals surface area contributed by atoms with Gasteiger partial charge in [0.25, 0.3) is 0 Å². The van der Waals surface area contributed by atoms with Gasteiger partial charge in [0.15, 0.2) is 0 Å². The summed E-state index contributed by atoms with van der Waals surface area (Å²) in [6.45, 7) is 0. The minimum atomic E-state index is -0.493. The highest BCUT2D eigenvalue weighted by Crippen LogP contribution is 2.35. The van der Waals surface area contributed by atoms with Crippen LogP contribution in [0.1, 0.15) is 21.5 Å². The molecule has 25 heavy (non-hydrogen) atoms. The monoisotopic (exact) mass is 349 g/mol. The van der Waals surface area contributed by atoms with Gasteiger partial charge >= 0.3 is 5.97 Å². The molecule has 0 aliphatic carbocycles. The molecule has 0 unspecified atom stereocenters. The largest absolute Gasteiger partial charge is 0.465 e. The molecule has 0 aliphatic heterocycles. The van der Waals surface area contributed by atoms with E-state index in [1.165, 1.54) is 19.2 Å². The van der Waals surface area contributed by atoms with Gasteiger partial charge in [-0.25, -0.2) is 9.78 Å². The number of nitrogen functional groups attached to an aromatic ring is 1. The lowest BCUT2D eigenvalue weighted by Gasteiger charge is -2.12. The van der Waals surface area contributed by atoms with E-state index in [0.29, 0.717) is 16.7 Å². The Morgan fingerprint density at radius 3 is 2.36 bits per heavy atom. The molecule has 0 aliphatic rings. The normalized spacial score (nSPS) is 9.52. The second-order valence-electron chi connectivity index (χ2n) is 4.67. The molecule has 2 aromatic rings. The van der Waals surface area contributed by atoms with Crippen LogP contribution in [0.5, 0.6) is 0 Å². The molecule has 2 rings (SSSR count). The first kappa shape index (κ1) is 17.8. The highest BCUT2D eigenvalue weighted by molar-refractivity contribution is 7.99. The number of carbonyl (C=O) groups is 1. The standard InChI is InChI=1S/C17H11N5O2S/c1-24-17(23)11-4-2-10(3-5-11)14-12(8-19)15(21)22-16(13(14)9-20)25-7-6-18/h2-5H,7H2,1H3,(H2,21,22). The SMILES string of the molecule is COC(=O)c1ccc(-c2c(C#N)c(N)nc(SCC#N)c2C#N)cc1. The molecule has 0 saturated carbocycles. The van der Waals surface area contributed by atoms with Gasteiger partial charge in [-0.3, -0.25) is 0 Å². The number of ether oxygens (including phenoxy) is 1. The first-order valence-electron chi connectivity index (χ1n) is 6.89. The van der Waals surface area contributed by atoms with E-state index in [4.69, 9.17) is 11.0 Å². The van der Waals surface area contributed by atoms with Crippen LogP contribution in [0, 0.1) is 34.0 Å². The fourth-order valence-corrected chi connectivity index (χ4v) is 2.84. The highest BCUT2D eigenvalue weighted by Gasteiger charge is 2.20. The van der Waals surface area contributed by atoms with Gasteiger partial charge in [0.1, 0.15) is 28.5 Å². The van der Waals surface area contributed by atoms with Crippen molar-refractivity contribution in [1.82, 2.24) is 4.98 Å². The average Bonchev–Trinajstić information content (AvgIpc) is 2.65. The van der Waals surface area contributed by atoms with Gasteiger partial charge in [0.2, 0.25) is 0 Å². The first-order valence-corrected chi connectivity index (χ1v) is 7.88. The van der Waals surface area contributed by atoms with Crippen LogP contribution in [0.2, 0.25) is 0 Å². The number of aromatic nitrogens is 1. The summed E-state index contributed by atoms with van der Waals surface area (Å²) >= 11 is 1.07. The van der Waals surface area contributed by atoms with Crippen LogP contribution < -0.4 is 5.73 Å². The maximum Gasteiger partial charge on any atom is 0.337 e. The number of hydrogen-bond acceptors (Lipinski definition) is 8. The third kappa shape index (κ3) is 3.53. The zero-order valence-corrected chi connectivity index (χ0v) is 13.9. The minimum Gasteiger partial charge on any atom is -0.465 e. The van der Waals surface area contributed by atoms with E-state index < -0.39 is 5.97 Å². The number of pyridine rings is 1. The van der Waals surface area contributed by atoms with Crippen molar-refractivity contribution in [3.8, 4) is 29.3 Å². The molecule has 0 bridgehead atoms. The van der Waals surface area contributed by atoms with Crippen LogP contribution in [-0.4, -0.2) is 23.8 Å². The minimum absolute atomic E-state index is 0.0195. The maximum absolute atomic E-state index is 11.5. The summed E-state index contributed by atoms with van der Waals surface area (Å²) in [5.41, 5.74) is 7.29. The average molecular weight is 349 g/mol. The predicted molar refractivity (Wildman–Crippen MR) is 91.2 cm³/mol. The van der Waals surface area contributed by atoms with Crippen molar-refractivity contribution in [3.05, 3.63) is 41.0 Å². The van der Waals surface area contributed by atoms with Crippen molar-refractivity contribution >= 4 is 23.5 Å². The van der Waals surface area contributed by atoms with E-state index in [1.54, 1.807) is 12.1 Å². The molecule has 7 nitrogen and oxygen atoms in total. The summed E-state index contributed by atoms with van der Waals surface area (Å²) in [6.07, 6.45) is 0. The first-order chi connectivity index (χ1) is 12.1. The van der Waals surface area contributed by atoms with Gasteiger partial charge in [-0.15, -0.1) is 0 Å². The molecule has 0 atom stereocenters. The molecule has 122 valence electrons. The maximum atomic E-state index is 11.5. The fourth-order valence-electron chi connectivity index (χ4n) is 2.18. The van der Waals surface area contributed by atoms with Gasteiger partial charge in [0, 0.05) is 5.56 Å². The number of anilines is 1. The van der Waals surface area contributed by atoms with Crippen LogP contribution in [0.15, 0.2) is 29.3 Å². The van der Waals surface area contributed by atoms with E-state index in [0.717, 1.165) is 11.8 Å². The van der Waals surface area contributed by atoms with Crippen LogP contribution >= 0.6 is 11.8 Å². The Hall–Kier alpha value is -3.54. The number of nitrogens with zero attached hydrogens (tertiary/aromatic N) is 4. The number of nitrogens with two attached hydrogens (primary N) is 1. The van der Waals surface area contributed by atoms with Gasteiger partial charge < -0.3 is 10.5 Å². The quantitative estimate of drug-likeness (QED) is 0.656. The van der Waals surface area contributed by atoms with Crippen LogP contribution in [0.4, 0.5) is 5.82 Å². The van der Waals surface area contributed by atoms with E-state index >= 15 is 0 Å². The second kappa shape index (κ2) is 7.83. The summed E-state index contributed by atoms with van der Waals surface area (Å²) in [4.78, 5) is 15.6. The summed E-state index contributed by atoms with van der Waals surface area (Å²) in [7, 11) is 1.28. The molecule has 0 spiro atoms. The lowest BCUT2D eigenvalue weighted by Crippen LogP contribution is -2.04.